The molecule has 0 aromatic heterocycles. The molecule has 1 saturated carbocycles. The number of urea groups is 1. The number of hydrogen-bond donors (Lipinski definition) is 7. The fraction of sp³-hybridized carbons (Fsp3) is 0.621. The fourth-order valence-electron chi connectivity index (χ4n) is 4.85. The zero-order chi connectivity index (χ0) is 36.5. The van der Waals surface area contributed by atoms with Crippen LogP contribution in [0.2, 0.25) is 0 Å². The van der Waals surface area contributed by atoms with Crippen molar-refractivity contribution in [3.63, 3.8) is 0 Å². The van der Waals surface area contributed by atoms with Crippen molar-refractivity contribution >= 4 is 86.7 Å². The second-order valence-corrected chi connectivity index (χ2v) is 14.3. The van der Waals surface area contributed by atoms with Crippen molar-refractivity contribution in [2.45, 2.75) is 94.9 Å². The number of carbonyl (C=O) groups excluding carboxylic acids is 8. The molecule has 2 aliphatic heterocycles. The average molecular weight is 725 g/mol. The van der Waals surface area contributed by atoms with Crippen molar-refractivity contribution in [2.24, 2.45) is 15.7 Å². The summed E-state index contributed by atoms with van der Waals surface area (Å²) in [5.41, 5.74) is 3.17. The maximum Gasteiger partial charge on any atom is 0.329 e. The Bertz CT molecular complexity index is 1460. The van der Waals surface area contributed by atoms with E-state index >= 15 is 0 Å². The molecule has 8 N–H and O–H groups in total. The van der Waals surface area contributed by atoms with Crippen LogP contribution in [-0.4, -0.2) is 116 Å². The Hall–Kier alpha value is -4.33. The van der Waals surface area contributed by atoms with Gasteiger partial charge in [-0.15, -0.1) is 23.5 Å². The van der Waals surface area contributed by atoms with E-state index in [1.807, 2.05) is 12.2 Å². The molecule has 0 aromatic carbocycles. The normalized spacial score (nSPS) is 21.6. The minimum Gasteiger partial charge on any atom is -0.480 e. The maximum atomic E-state index is 12.9. The van der Waals surface area contributed by atoms with Gasteiger partial charge in [0.2, 0.25) is 23.6 Å². The molecule has 4 atom stereocenters. The number of rotatable bonds is 18. The van der Waals surface area contributed by atoms with Crippen LogP contribution in [0, 0.1) is 0 Å². The molecule has 2 heterocycles. The summed E-state index contributed by atoms with van der Waals surface area (Å²) in [5, 5.41) is 22.3. The molecule has 49 heavy (non-hydrogen) atoms. The quantitative estimate of drug-likeness (QED) is 0.0800. The lowest BCUT2D eigenvalue weighted by molar-refractivity contribution is -0.138. The summed E-state index contributed by atoms with van der Waals surface area (Å²) in [4.78, 5) is 117. The third kappa shape index (κ3) is 11.9. The summed E-state index contributed by atoms with van der Waals surface area (Å²) in [7, 11) is 0. The number of amides is 7. The lowest BCUT2D eigenvalue weighted by atomic mass is 10.1. The summed E-state index contributed by atoms with van der Waals surface area (Å²) in [6.07, 6.45) is -0.841. The number of primary amides is 1. The Kier molecular flexibility index (Phi) is 13.5. The van der Waals surface area contributed by atoms with Crippen molar-refractivity contribution < 1.29 is 48.3 Å². The zero-order valence-corrected chi connectivity index (χ0v) is 28.8. The molecule has 18 nitrogen and oxygen atoms in total. The Morgan fingerprint density at radius 3 is 2.31 bits per heavy atom. The number of carboxylic acid groups (broad SMARTS) is 1. The second kappa shape index (κ2) is 16.9. The van der Waals surface area contributed by atoms with Gasteiger partial charge in [-0.2, -0.15) is 0 Å². The van der Waals surface area contributed by atoms with E-state index in [1.54, 1.807) is 6.92 Å². The predicted octanol–water partition coefficient (Wildman–Crippen LogP) is -1.45. The Labute approximate surface area is 289 Å². The van der Waals surface area contributed by atoms with Crippen molar-refractivity contribution in [1.82, 2.24) is 26.6 Å². The molecule has 3 rings (SSSR count). The monoisotopic (exact) mass is 724 g/mol. The van der Waals surface area contributed by atoms with Gasteiger partial charge in [-0.25, -0.2) is 9.59 Å². The molecule has 268 valence electrons. The topological polar surface area (TPSA) is 285 Å². The number of nitrogens with two attached hydrogens (primary N) is 1. The first kappa shape index (κ1) is 39.1. The summed E-state index contributed by atoms with van der Waals surface area (Å²) in [6, 6.07) is -3.68. The van der Waals surface area contributed by atoms with E-state index in [4.69, 9.17) is 5.73 Å². The first-order valence-electron chi connectivity index (χ1n) is 15.4. The van der Waals surface area contributed by atoms with Crippen molar-refractivity contribution in [3.8, 4) is 0 Å². The van der Waals surface area contributed by atoms with Crippen molar-refractivity contribution in [2.75, 3.05) is 18.1 Å². The SMILES string of the molecule is CC(=O)N[C@H](CC(N)=O)C(=O)NC(=O)N[C@@H](C)CCC(=O)CC(=O)NC1(C(=O)CC(=O)NCC2=N[C@](C)(C3=NC(C(=O)O)CS3)CS2)CC1. The number of Topliss-reactive ketones (excluding diaryl/α,β-unsaturated/α-hetero) is 2. The molecule has 0 bridgehead atoms. The fourth-order valence-corrected chi connectivity index (χ4v) is 7.20. The highest BCUT2D eigenvalue weighted by atomic mass is 32.2. The Balaban J connectivity index is 1.37. The molecule has 20 heteroatoms. The minimum atomic E-state index is -1.34. The number of thioether (sulfide) groups is 2. The molecule has 0 radical (unpaired) electrons. The van der Waals surface area contributed by atoms with Gasteiger partial charge in [0.1, 0.15) is 17.4 Å². The van der Waals surface area contributed by atoms with Crippen LogP contribution in [0.15, 0.2) is 9.98 Å². The predicted molar refractivity (Wildman–Crippen MR) is 179 cm³/mol. The number of carboxylic acids is 1. The van der Waals surface area contributed by atoms with Gasteiger partial charge < -0.3 is 32.1 Å². The van der Waals surface area contributed by atoms with Gasteiger partial charge in [0, 0.05) is 30.9 Å². The first-order chi connectivity index (χ1) is 22.9. The van der Waals surface area contributed by atoms with E-state index in [0.717, 1.165) is 6.92 Å². The van der Waals surface area contributed by atoms with Crippen LogP contribution in [0.1, 0.15) is 65.7 Å². The summed E-state index contributed by atoms with van der Waals surface area (Å²) < 4.78 is 0. The molecule has 7 amide bonds. The van der Waals surface area contributed by atoms with Crippen LogP contribution in [0.5, 0.6) is 0 Å². The lowest BCUT2D eigenvalue weighted by Crippen LogP contribution is -2.52. The number of imide groups is 1. The molecular formula is C29H40N8O10S2. The first-order valence-corrected chi connectivity index (χ1v) is 17.3. The van der Waals surface area contributed by atoms with Gasteiger partial charge in [-0.3, -0.25) is 48.9 Å². The minimum absolute atomic E-state index is 0.0820. The van der Waals surface area contributed by atoms with Crippen LogP contribution in [-0.2, 0) is 38.4 Å². The number of aliphatic imine (C=N–C) groups is 2. The number of ketones is 2. The van der Waals surface area contributed by atoms with E-state index in [2.05, 4.69) is 31.3 Å². The highest BCUT2D eigenvalue weighted by Gasteiger charge is 2.51. The van der Waals surface area contributed by atoms with Crippen LogP contribution in [0.25, 0.3) is 0 Å². The standard InChI is InChI=1S/C29H40N8O10S2/c1-14(32-27(47)35-24(44)17(9-20(30)41)33-15(2)38)4-5-16(39)8-22(43)36-29(6-7-29)19(40)10-21(42)31-11-23-37-28(3,13-49-23)26-34-18(12-48-26)25(45)46/h14,17-18H,4-13H2,1-3H3,(H2,30,41)(H,31,42)(H,33,38)(H,36,43)(H,45,46)(H2,32,35,44,47)/t14-,17+,18?,28-/m0/s1. The molecule has 0 aromatic rings. The summed E-state index contributed by atoms with van der Waals surface area (Å²) >= 11 is 2.76. The van der Waals surface area contributed by atoms with E-state index < -0.39 is 102 Å². The van der Waals surface area contributed by atoms with Gasteiger partial charge >= 0.3 is 12.0 Å². The number of nitrogens with zero attached hydrogens (tertiary/aromatic N) is 2. The Morgan fingerprint density at radius 1 is 1.02 bits per heavy atom. The highest BCUT2D eigenvalue weighted by molar-refractivity contribution is 8.16. The maximum absolute atomic E-state index is 12.9. The smallest absolute Gasteiger partial charge is 0.329 e. The third-order valence-corrected chi connectivity index (χ3v) is 10.2. The molecule has 3 aliphatic rings. The van der Waals surface area contributed by atoms with E-state index in [9.17, 15) is 48.3 Å². The number of hydrogen-bond acceptors (Lipinski definition) is 13. The summed E-state index contributed by atoms with van der Waals surface area (Å²) in [6.45, 7) is 4.62. The molecule has 1 fully saturated rings. The molecule has 0 saturated heterocycles. The van der Waals surface area contributed by atoms with E-state index in [1.165, 1.54) is 23.5 Å². The average Bonchev–Trinajstić information content (AvgIpc) is 3.40. The van der Waals surface area contributed by atoms with Gasteiger partial charge in [-0.05, 0) is 33.1 Å². The number of aliphatic carboxylic acids is 1. The highest BCUT2D eigenvalue weighted by Crippen LogP contribution is 2.38. The lowest BCUT2D eigenvalue weighted by Gasteiger charge is -2.18. The third-order valence-electron chi connectivity index (χ3n) is 7.64. The van der Waals surface area contributed by atoms with E-state index in [0.29, 0.717) is 34.4 Å². The van der Waals surface area contributed by atoms with Gasteiger partial charge in [-0.1, -0.05) is 0 Å². The molecular weight excluding hydrogens is 684 g/mol. The van der Waals surface area contributed by atoms with Crippen LogP contribution >= 0.6 is 23.5 Å². The number of carbonyl (C=O) groups is 9. The van der Waals surface area contributed by atoms with Gasteiger partial charge in [0.25, 0.3) is 5.91 Å². The van der Waals surface area contributed by atoms with Gasteiger partial charge in [0.05, 0.1) is 41.4 Å². The van der Waals surface area contributed by atoms with Gasteiger partial charge in [0.15, 0.2) is 11.8 Å². The number of nitrogens with one attached hydrogen (secondary N) is 5. The molecule has 1 unspecified atom stereocenters. The van der Waals surface area contributed by atoms with Crippen LogP contribution in [0.3, 0.4) is 0 Å². The van der Waals surface area contributed by atoms with E-state index in [-0.39, 0.29) is 19.4 Å². The van der Waals surface area contributed by atoms with Crippen molar-refractivity contribution in [3.05, 3.63) is 0 Å². The Morgan fingerprint density at radius 2 is 1.71 bits per heavy atom. The zero-order valence-electron chi connectivity index (χ0n) is 27.2. The summed E-state index contributed by atoms with van der Waals surface area (Å²) in [5.74, 6) is -4.71. The van der Waals surface area contributed by atoms with Crippen molar-refractivity contribution in [1.29, 1.82) is 0 Å². The van der Waals surface area contributed by atoms with Crippen LogP contribution < -0.4 is 32.3 Å². The van der Waals surface area contributed by atoms with Crippen LogP contribution in [0.4, 0.5) is 4.79 Å². The molecule has 1 aliphatic carbocycles. The largest absolute Gasteiger partial charge is 0.480 e. The second-order valence-electron chi connectivity index (χ2n) is 12.2. The molecule has 0 spiro atoms.